The molecule has 2 aliphatic heterocycles. The molecule has 0 amide bonds. The van der Waals surface area contributed by atoms with Gasteiger partial charge in [-0.2, -0.15) is 0 Å². The third kappa shape index (κ3) is 2.73. The number of fused-ring (bicyclic) bond motifs is 1. The Morgan fingerprint density at radius 3 is 3.11 bits per heavy atom. The standard InChI is InChI=1S/C15H20ClNO2/c1-17-5-2-4-15(18,10-17)9-12-8-13(16)7-11-3-6-19-14(11)12/h7-8,18H,2-6,9-10H2,1H3. The number of likely N-dealkylation sites (tertiary alicyclic amines) is 1. The summed E-state index contributed by atoms with van der Waals surface area (Å²) in [5.41, 5.74) is 1.57. The molecule has 0 bridgehead atoms. The van der Waals surface area contributed by atoms with E-state index in [4.69, 9.17) is 16.3 Å². The van der Waals surface area contributed by atoms with Crippen LogP contribution in [0.4, 0.5) is 0 Å². The Balaban J connectivity index is 1.87. The molecule has 0 aliphatic carbocycles. The second-order valence-corrected chi connectivity index (χ2v) is 6.33. The van der Waals surface area contributed by atoms with E-state index in [0.29, 0.717) is 13.0 Å². The van der Waals surface area contributed by atoms with Crippen molar-refractivity contribution >= 4 is 11.6 Å². The topological polar surface area (TPSA) is 32.7 Å². The molecule has 104 valence electrons. The molecule has 2 aliphatic rings. The monoisotopic (exact) mass is 281 g/mol. The van der Waals surface area contributed by atoms with Crippen molar-refractivity contribution in [3.8, 4) is 5.75 Å². The highest BCUT2D eigenvalue weighted by Gasteiger charge is 2.33. The fourth-order valence-corrected chi connectivity index (χ4v) is 3.58. The van der Waals surface area contributed by atoms with E-state index in [9.17, 15) is 5.11 Å². The molecule has 3 rings (SSSR count). The van der Waals surface area contributed by atoms with Gasteiger partial charge in [0.2, 0.25) is 0 Å². The lowest BCUT2D eigenvalue weighted by atomic mass is 9.86. The van der Waals surface area contributed by atoms with Gasteiger partial charge in [-0.05, 0) is 49.7 Å². The molecule has 1 aromatic carbocycles. The minimum atomic E-state index is -0.655. The van der Waals surface area contributed by atoms with Gasteiger partial charge in [0.15, 0.2) is 0 Å². The molecular weight excluding hydrogens is 262 g/mol. The molecule has 2 heterocycles. The van der Waals surface area contributed by atoms with Crippen LogP contribution >= 0.6 is 11.6 Å². The molecule has 0 saturated carbocycles. The fraction of sp³-hybridized carbons (Fsp3) is 0.600. The summed E-state index contributed by atoms with van der Waals surface area (Å²) in [5, 5.41) is 11.5. The van der Waals surface area contributed by atoms with Crippen molar-refractivity contribution in [1.82, 2.24) is 4.90 Å². The third-order valence-corrected chi connectivity index (χ3v) is 4.31. The van der Waals surface area contributed by atoms with E-state index in [2.05, 4.69) is 11.9 Å². The number of ether oxygens (including phenoxy) is 1. The van der Waals surface area contributed by atoms with Gasteiger partial charge in [-0.3, -0.25) is 0 Å². The average Bonchev–Trinajstić information content (AvgIpc) is 2.75. The molecule has 1 atom stereocenters. The van der Waals surface area contributed by atoms with Crippen LogP contribution in [0.5, 0.6) is 5.75 Å². The number of nitrogens with zero attached hydrogens (tertiary/aromatic N) is 1. The van der Waals surface area contributed by atoms with Crippen molar-refractivity contribution in [3.63, 3.8) is 0 Å². The van der Waals surface area contributed by atoms with Gasteiger partial charge in [-0.15, -0.1) is 0 Å². The van der Waals surface area contributed by atoms with Crippen LogP contribution in [0.2, 0.25) is 5.02 Å². The first-order valence-electron chi connectivity index (χ1n) is 6.91. The minimum absolute atomic E-state index is 0.625. The molecule has 1 saturated heterocycles. The van der Waals surface area contributed by atoms with Crippen LogP contribution in [0.15, 0.2) is 12.1 Å². The fourth-order valence-electron chi connectivity index (χ4n) is 3.31. The first-order valence-corrected chi connectivity index (χ1v) is 7.29. The number of β-amino-alcohol motifs (C(OH)–C–C–N with tert-alkyl or cyclic N) is 1. The van der Waals surface area contributed by atoms with Crippen LogP contribution in [-0.4, -0.2) is 42.4 Å². The van der Waals surface area contributed by atoms with E-state index in [-0.39, 0.29) is 0 Å². The Labute approximate surface area is 119 Å². The van der Waals surface area contributed by atoms with Crippen molar-refractivity contribution < 1.29 is 9.84 Å². The van der Waals surface area contributed by atoms with E-state index in [1.807, 2.05) is 12.1 Å². The van der Waals surface area contributed by atoms with E-state index in [1.54, 1.807) is 0 Å². The van der Waals surface area contributed by atoms with Crippen molar-refractivity contribution in [1.29, 1.82) is 0 Å². The lowest BCUT2D eigenvalue weighted by Gasteiger charge is -2.37. The zero-order valence-electron chi connectivity index (χ0n) is 11.3. The van der Waals surface area contributed by atoms with Crippen molar-refractivity contribution in [2.45, 2.75) is 31.3 Å². The van der Waals surface area contributed by atoms with Gasteiger partial charge in [0.25, 0.3) is 0 Å². The second kappa shape index (κ2) is 4.97. The molecule has 19 heavy (non-hydrogen) atoms. The Morgan fingerprint density at radius 1 is 1.47 bits per heavy atom. The summed E-state index contributed by atoms with van der Waals surface area (Å²) >= 11 is 6.17. The first kappa shape index (κ1) is 13.2. The molecule has 0 aromatic heterocycles. The maximum absolute atomic E-state index is 10.8. The smallest absolute Gasteiger partial charge is 0.126 e. The van der Waals surface area contributed by atoms with E-state index in [0.717, 1.165) is 48.7 Å². The third-order valence-electron chi connectivity index (χ3n) is 4.09. The van der Waals surface area contributed by atoms with Crippen molar-refractivity contribution in [2.75, 3.05) is 26.7 Å². The van der Waals surface area contributed by atoms with Crippen LogP contribution in [0.3, 0.4) is 0 Å². The van der Waals surface area contributed by atoms with Gasteiger partial charge in [-0.25, -0.2) is 0 Å². The maximum atomic E-state index is 10.8. The number of rotatable bonds is 2. The van der Waals surface area contributed by atoms with Crippen molar-refractivity contribution in [2.24, 2.45) is 0 Å². The van der Waals surface area contributed by atoms with Gasteiger partial charge in [0, 0.05) is 24.4 Å². The van der Waals surface area contributed by atoms with E-state index >= 15 is 0 Å². The largest absolute Gasteiger partial charge is 0.493 e. The van der Waals surface area contributed by atoms with Crippen LogP contribution in [-0.2, 0) is 12.8 Å². The first-order chi connectivity index (χ1) is 9.06. The molecule has 0 radical (unpaired) electrons. The molecule has 0 spiro atoms. The van der Waals surface area contributed by atoms with E-state index < -0.39 is 5.60 Å². The Kier molecular flexibility index (Phi) is 3.46. The van der Waals surface area contributed by atoms with Gasteiger partial charge in [0.05, 0.1) is 12.2 Å². The summed E-state index contributed by atoms with van der Waals surface area (Å²) in [6, 6.07) is 3.92. The average molecular weight is 282 g/mol. The number of piperidine rings is 1. The number of halogens is 1. The Hall–Kier alpha value is -0.770. The molecule has 4 heteroatoms. The lowest BCUT2D eigenvalue weighted by Crippen LogP contribution is -2.47. The Morgan fingerprint density at radius 2 is 2.32 bits per heavy atom. The molecule has 1 aromatic rings. The van der Waals surface area contributed by atoms with Gasteiger partial charge >= 0.3 is 0 Å². The summed E-state index contributed by atoms with van der Waals surface area (Å²) in [6.07, 6.45) is 3.43. The summed E-state index contributed by atoms with van der Waals surface area (Å²) in [7, 11) is 2.06. The molecule has 3 nitrogen and oxygen atoms in total. The Bertz CT molecular complexity index is 491. The number of benzene rings is 1. The number of likely N-dealkylation sites (N-methyl/N-ethyl adjacent to an activating group) is 1. The van der Waals surface area contributed by atoms with E-state index in [1.165, 1.54) is 5.56 Å². The van der Waals surface area contributed by atoms with Crippen LogP contribution in [0, 0.1) is 0 Å². The molecule has 1 fully saturated rings. The van der Waals surface area contributed by atoms with Gasteiger partial charge in [-0.1, -0.05) is 11.6 Å². The highest BCUT2D eigenvalue weighted by atomic mass is 35.5. The zero-order valence-corrected chi connectivity index (χ0v) is 12.0. The molecule has 1 unspecified atom stereocenters. The number of hydrogen-bond acceptors (Lipinski definition) is 3. The predicted octanol–water partition coefficient (Wildman–Crippen LogP) is 2.27. The summed E-state index contributed by atoms with van der Waals surface area (Å²) in [4.78, 5) is 2.19. The maximum Gasteiger partial charge on any atom is 0.126 e. The highest BCUT2D eigenvalue weighted by Crippen LogP contribution is 2.36. The lowest BCUT2D eigenvalue weighted by molar-refractivity contribution is -0.0227. The second-order valence-electron chi connectivity index (χ2n) is 5.89. The van der Waals surface area contributed by atoms with Crippen LogP contribution in [0.25, 0.3) is 0 Å². The minimum Gasteiger partial charge on any atom is -0.493 e. The van der Waals surface area contributed by atoms with Crippen molar-refractivity contribution in [3.05, 3.63) is 28.3 Å². The van der Waals surface area contributed by atoms with Gasteiger partial charge in [0.1, 0.15) is 5.75 Å². The summed E-state index contributed by atoms with van der Waals surface area (Å²) in [6.45, 7) is 2.50. The summed E-state index contributed by atoms with van der Waals surface area (Å²) < 4.78 is 5.71. The predicted molar refractivity (Wildman–Crippen MR) is 76.0 cm³/mol. The highest BCUT2D eigenvalue weighted by molar-refractivity contribution is 6.30. The summed E-state index contributed by atoms with van der Waals surface area (Å²) in [5.74, 6) is 0.950. The molecular formula is C15H20ClNO2. The zero-order chi connectivity index (χ0) is 13.5. The normalized spacial score (nSPS) is 27.1. The van der Waals surface area contributed by atoms with Crippen LogP contribution in [0.1, 0.15) is 24.0 Å². The van der Waals surface area contributed by atoms with Gasteiger partial charge < -0.3 is 14.7 Å². The number of hydrogen-bond donors (Lipinski definition) is 1. The van der Waals surface area contributed by atoms with Crippen LogP contribution < -0.4 is 4.74 Å². The SMILES string of the molecule is CN1CCCC(O)(Cc2cc(Cl)cc3c2OCC3)C1. The molecule has 1 N–H and O–H groups in total. The quantitative estimate of drug-likeness (QED) is 0.903. The number of aliphatic hydroxyl groups is 1.